The number of hydrogen-bond acceptors (Lipinski definition) is 2. The van der Waals surface area contributed by atoms with Gasteiger partial charge in [0.2, 0.25) is 0 Å². The van der Waals surface area contributed by atoms with Crippen molar-refractivity contribution in [1.29, 1.82) is 0 Å². The monoisotopic (exact) mass is 217 g/mol. The molecule has 59 valence electrons. The Morgan fingerprint density at radius 2 is 1.91 bits per heavy atom. The number of rotatable bonds is 2. The first-order valence-electron chi connectivity index (χ1n) is 3.33. The molecule has 0 spiro atoms. The van der Waals surface area contributed by atoms with Gasteiger partial charge in [-0.05, 0) is 0 Å². The molecule has 1 aromatic rings. The Balaban J connectivity index is 2.86. The van der Waals surface area contributed by atoms with E-state index in [9.17, 15) is 0 Å². The Kier molecular flexibility index (Phi) is 2.80. The van der Waals surface area contributed by atoms with Crippen molar-refractivity contribution in [2.45, 2.75) is 11.7 Å². The fourth-order valence-corrected chi connectivity index (χ4v) is 1.34. The van der Waals surface area contributed by atoms with Crippen LogP contribution < -0.4 is 0 Å². The van der Waals surface area contributed by atoms with Crippen LogP contribution in [0, 0.1) is 0 Å². The van der Waals surface area contributed by atoms with Gasteiger partial charge in [0, 0.05) is 0 Å². The topological polar surface area (TPSA) is 40.5 Å². The van der Waals surface area contributed by atoms with Gasteiger partial charge in [0.25, 0.3) is 0 Å². The minimum atomic E-state index is -0.0613. The third kappa shape index (κ3) is 2.14. The molecule has 0 saturated carbocycles. The van der Waals surface area contributed by atoms with Crippen LogP contribution in [0.4, 0.5) is 0 Å². The average molecular weight is 216 g/mol. The van der Waals surface area contributed by atoms with Crippen LogP contribution in [0.25, 0.3) is 0 Å². The second-order valence-electron chi connectivity index (χ2n) is 2.28. The van der Waals surface area contributed by atoms with E-state index in [-0.39, 0.29) is 11.5 Å². The molecule has 1 radical (unpaired) electrons. The number of aryl methyl sites for hydroxylation is 1. The summed E-state index contributed by atoms with van der Waals surface area (Å²) in [5, 5.41) is 18.9. The molecule has 0 heterocycles. The number of phenolic OH excluding ortho intramolecular Hbond substituents is 2. The van der Waals surface area contributed by atoms with Gasteiger partial charge in [-0.2, -0.15) is 0 Å². The summed E-state index contributed by atoms with van der Waals surface area (Å²) in [5.74, 6) is -0.107. The van der Waals surface area contributed by atoms with Crippen molar-refractivity contribution in [1.82, 2.24) is 0 Å². The van der Waals surface area contributed by atoms with Crippen molar-refractivity contribution in [3.8, 4) is 11.5 Å². The molecule has 0 atom stereocenters. The summed E-state index contributed by atoms with van der Waals surface area (Å²) in [6.45, 7) is 0. The predicted molar refractivity (Wildman–Crippen MR) is 44.0 cm³/mol. The zero-order valence-electron chi connectivity index (χ0n) is 5.95. The SMILES string of the molecule is Oc1ccc(CC[Se])cc1O. The molecule has 11 heavy (non-hydrogen) atoms. The van der Waals surface area contributed by atoms with Gasteiger partial charge < -0.3 is 0 Å². The number of phenols is 2. The zero-order valence-corrected chi connectivity index (χ0v) is 7.66. The van der Waals surface area contributed by atoms with Gasteiger partial charge in [-0.3, -0.25) is 0 Å². The van der Waals surface area contributed by atoms with Gasteiger partial charge in [-0.25, -0.2) is 0 Å². The first-order chi connectivity index (χ1) is 5.24. The van der Waals surface area contributed by atoms with Gasteiger partial charge in [-0.15, -0.1) is 0 Å². The number of benzene rings is 1. The molecule has 0 unspecified atom stereocenters. The van der Waals surface area contributed by atoms with Crippen LogP contribution in [0.2, 0.25) is 5.32 Å². The van der Waals surface area contributed by atoms with Crippen LogP contribution >= 0.6 is 0 Å². The first kappa shape index (κ1) is 8.44. The Morgan fingerprint density at radius 1 is 1.18 bits per heavy atom. The van der Waals surface area contributed by atoms with Gasteiger partial charge in [-0.1, -0.05) is 0 Å². The molecule has 2 nitrogen and oxygen atoms in total. The van der Waals surface area contributed by atoms with Crippen LogP contribution in [-0.2, 0) is 6.42 Å². The van der Waals surface area contributed by atoms with Gasteiger partial charge in [0.05, 0.1) is 0 Å². The fraction of sp³-hybridized carbons (Fsp3) is 0.250. The van der Waals surface area contributed by atoms with E-state index in [0.717, 1.165) is 17.3 Å². The number of aromatic hydroxyl groups is 2. The van der Waals surface area contributed by atoms with E-state index in [0.29, 0.717) is 0 Å². The molecule has 0 saturated heterocycles. The second kappa shape index (κ2) is 3.65. The van der Waals surface area contributed by atoms with E-state index in [1.54, 1.807) is 12.1 Å². The summed E-state index contributed by atoms with van der Waals surface area (Å²) in [6.07, 6.45) is 0.883. The summed E-state index contributed by atoms with van der Waals surface area (Å²) < 4.78 is 0. The van der Waals surface area contributed by atoms with Crippen LogP contribution in [0.1, 0.15) is 5.56 Å². The molecule has 2 N–H and O–H groups in total. The molecular formula is C8H9O2Se. The fourth-order valence-electron chi connectivity index (χ4n) is 0.842. The summed E-state index contributed by atoms with van der Waals surface area (Å²) in [6, 6.07) is 4.87. The molecule has 0 aromatic heterocycles. The maximum atomic E-state index is 9.07. The van der Waals surface area contributed by atoms with Crippen molar-refractivity contribution in [2.75, 3.05) is 0 Å². The molecule has 3 heteroatoms. The quantitative estimate of drug-likeness (QED) is 0.576. The second-order valence-corrected chi connectivity index (χ2v) is 3.13. The van der Waals surface area contributed by atoms with Crippen LogP contribution in [0.5, 0.6) is 11.5 Å². The molecule has 0 aliphatic carbocycles. The van der Waals surface area contributed by atoms with Crippen molar-refractivity contribution in [3.63, 3.8) is 0 Å². The summed E-state index contributed by atoms with van der Waals surface area (Å²) >= 11 is 2.88. The van der Waals surface area contributed by atoms with Crippen molar-refractivity contribution in [2.24, 2.45) is 0 Å². The van der Waals surface area contributed by atoms with E-state index in [1.165, 1.54) is 6.07 Å². The Morgan fingerprint density at radius 3 is 2.45 bits per heavy atom. The van der Waals surface area contributed by atoms with E-state index < -0.39 is 0 Å². The summed E-state index contributed by atoms with van der Waals surface area (Å²) in [7, 11) is 0. The Bertz CT molecular complexity index is 248. The van der Waals surface area contributed by atoms with Gasteiger partial charge in [0.1, 0.15) is 0 Å². The maximum absolute atomic E-state index is 9.07. The molecular weight excluding hydrogens is 207 g/mol. The molecule has 1 aromatic carbocycles. The van der Waals surface area contributed by atoms with E-state index in [2.05, 4.69) is 16.0 Å². The number of hydrogen-bond donors (Lipinski definition) is 2. The Hall–Kier alpha value is -0.661. The van der Waals surface area contributed by atoms with Gasteiger partial charge in [0.15, 0.2) is 0 Å². The van der Waals surface area contributed by atoms with Crippen molar-refractivity contribution >= 4 is 16.0 Å². The van der Waals surface area contributed by atoms with Crippen molar-refractivity contribution < 1.29 is 10.2 Å². The predicted octanol–water partition coefficient (Wildman–Crippen LogP) is 1.23. The summed E-state index contributed by atoms with van der Waals surface area (Å²) in [5.41, 5.74) is 1.03. The first-order valence-corrected chi connectivity index (χ1v) is 4.54. The van der Waals surface area contributed by atoms with Crippen LogP contribution in [0.3, 0.4) is 0 Å². The Labute approximate surface area is 73.7 Å². The third-order valence-electron chi connectivity index (χ3n) is 1.43. The average Bonchev–Trinajstić information content (AvgIpc) is 1.98. The third-order valence-corrected chi connectivity index (χ3v) is 1.86. The van der Waals surface area contributed by atoms with Crippen molar-refractivity contribution in [3.05, 3.63) is 23.8 Å². The molecule has 0 fully saturated rings. The molecule has 0 aliphatic heterocycles. The molecule has 0 aliphatic rings. The summed E-state index contributed by atoms with van der Waals surface area (Å²) in [4.78, 5) is 0. The van der Waals surface area contributed by atoms with Crippen LogP contribution in [-0.4, -0.2) is 26.2 Å². The van der Waals surface area contributed by atoms with Crippen LogP contribution in [0.15, 0.2) is 18.2 Å². The molecule has 0 amide bonds. The van der Waals surface area contributed by atoms with E-state index >= 15 is 0 Å². The van der Waals surface area contributed by atoms with Gasteiger partial charge >= 0.3 is 73.2 Å². The minimum absolute atomic E-state index is 0.0454. The van der Waals surface area contributed by atoms with E-state index in [4.69, 9.17) is 10.2 Å². The molecule has 0 bridgehead atoms. The normalized spacial score (nSPS) is 9.91. The molecule has 1 rings (SSSR count). The zero-order chi connectivity index (χ0) is 8.27. The van der Waals surface area contributed by atoms with E-state index in [1.807, 2.05) is 0 Å². The standard InChI is InChI=1S/C8H9O2Se/c9-7-2-1-6(3-4-11)5-8(7)10/h1-2,5,9-10H,3-4H2.